The van der Waals surface area contributed by atoms with Crippen LogP contribution in [-0.4, -0.2) is 34.0 Å². The van der Waals surface area contributed by atoms with E-state index in [0.29, 0.717) is 17.0 Å². The van der Waals surface area contributed by atoms with Gasteiger partial charge in [-0.25, -0.2) is 9.78 Å². The molecule has 116 valence electrons. The molecule has 1 aromatic heterocycles. The number of nitrogens with zero attached hydrogens (tertiary/aromatic N) is 2. The third kappa shape index (κ3) is 3.54. The van der Waals surface area contributed by atoms with Gasteiger partial charge in [0.25, 0.3) is 0 Å². The first-order valence-electron chi connectivity index (χ1n) is 7.61. The zero-order valence-corrected chi connectivity index (χ0v) is 13.5. The maximum Gasteiger partial charge on any atom is 0.347 e. The van der Waals surface area contributed by atoms with E-state index in [-0.39, 0.29) is 0 Å². The molecule has 0 unspecified atom stereocenters. The third-order valence-electron chi connectivity index (χ3n) is 4.02. The monoisotopic (exact) mass is 316 g/mol. The molecule has 1 N–H and O–H groups in total. The third-order valence-corrected chi connectivity index (χ3v) is 5.16. The van der Waals surface area contributed by atoms with Gasteiger partial charge in [0.2, 0.25) is 0 Å². The summed E-state index contributed by atoms with van der Waals surface area (Å²) < 4.78 is 0. The van der Waals surface area contributed by atoms with E-state index in [1.807, 2.05) is 0 Å². The predicted molar refractivity (Wildman–Crippen MR) is 87.6 cm³/mol. The number of aromatic nitrogens is 1. The number of rotatable bonds is 5. The summed E-state index contributed by atoms with van der Waals surface area (Å²) in [5, 5.41) is 9.95. The Labute approximate surface area is 134 Å². The van der Waals surface area contributed by atoms with Gasteiger partial charge in [-0.1, -0.05) is 24.3 Å². The Kier molecular flexibility index (Phi) is 4.55. The van der Waals surface area contributed by atoms with Crippen LogP contribution < -0.4 is 0 Å². The molecule has 1 aliphatic rings. The maximum absolute atomic E-state index is 11.1. The summed E-state index contributed by atoms with van der Waals surface area (Å²) in [7, 11) is 0. The molecule has 0 saturated carbocycles. The average Bonchev–Trinajstić information content (AvgIpc) is 3.11. The van der Waals surface area contributed by atoms with E-state index < -0.39 is 5.97 Å². The summed E-state index contributed by atoms with van der Waals surface area (Å²) in [6.07, 6.45) is 3.32. The largest absolute Gasteiger partial charge is 0.477 e. The molecule has 2 heterocycles. The van der Waals surface area contributed by atoms with E-state index in [1.54, 1.807) is 6.92 Å². The highest BCUT2D eigenvalue weighted by atomic mass is 32.1. The van der Waals surface area contributed by atoms with Crippen molar-refractivity contribution in [3.05, 3.63) is 51.0 Å². The predicted octanol–water partition coefficient (Wildman–Crippen LogP) is 3.34. The average molecular weight is 316 g/mol. The van der Waals surface area contributed by atoms with E-state index in [4.69, 9.17) is 5.11 Å². The standard InChI is InChI=1S/C17H20N2O2S/c1-12-16(17(20)21)22-15(18-12)10-13-4-6-14(7-5-13)11-19-8-2-3-9-19/h4-7H,2-3,8-11H2,1H3,(H,20,21). The number of carbonyl (C=O) groups is 1. The molecule has 4 nitrogen and oxygen atoms in total. The molecule has 0 amide bonds. The van der Waals surface area contributed by atoms with Gasteiger partial charge in [-0.2, -0.15) is 0 Å². The van der Waals surface area contributed by atoms with Gasteiger partial charge in [-0.05, 0) is 44.0 Å². The molecule has 0 radical (unpaired) electrons. The van der Waals surface area contributed by atoms with E-state index in [0.717, 1.165) is 11.6 Å². The van der Waals surface area contributed by atoms with Crippen LogP contribution in [0.2, 0.25) is 0 Å². The van der Waals surface area contributed by atoms with Gasteiger partial charge in [0, 0.05) is 13.0 Å². The van der Waals surface area contributed by atoms with Crippen molar-refractivity contribution in [2.24, 2.45) is 0 Å². The lowest BCUT2D eigenvalue weighted by Crippen LogP contribution is -2.18. The zero-order valence-electron chi connectivity index (χ0n) is 12.7. The van der Waals surface area contributed by atoms with Crippen molar-refractivity contribution in [2.75, 3.05) is 13.1 Å². The van der Waals surface area contributed by atoms with Crippen LogP contribution in [0.4, 0.5) is 0 Å². The summed E-state index contributed by atoms with van der Waals surface area (Å²) in [6, 6.07) is 8.60. The number of aromatic carboxylic acids is 1. The Bertz CT molecular complexity index is 658. The van der Waals surface area contributed by atoms with Crippen molar-refractivity contribution in [3.8, 4) is 0 Å². The number of thiazole rings is 1. The van der Waals surface area contributed by atoms with E-state index >= 15 is 0 Å². The molecule has 22 heavy (non-hydrogen) atoms. The van der Waals surface area contributed by atoms with Crippen LogP contribution in [0, 0.1) is 6.92 Å². The first-order chi connectivity index (χ1) is 10.6. The van der Waals surface area contributed by atoms with E-state index in [1.165, 1.54) is 48.4 Å². The summed E-state index contributed by atoms with van der Waals surface area (Å²) in [5.74, 6) is -0.887. The Morgan fingerprint density at radius 1 is 1.23 bits per heavy atom. The minimum atomic E-state index is -0.887. The second-order valence-electron chi connectivity index (χ2n) is 5.80. The molecule has 0 spiro atoms. The SMILES string of the molecule is Cc1nc(Cc2ccc(CN3CCCC3)cc2)sc1C(=O)O. The smallest absolute Gasteiger partial charge is 0.347 e. The highest BCUT2D eigenvalue weighted by Crippen LogP contribution is 2.21. The number of carboxylic acid groups (broad SMARTS) is 1. The van der Waals surface area contributed by atoms with Crippen molar-refractivity contribution in [1.29, 1.82) is 0 Å². The fourth-order valence-corrected chi connectivity index (χ4v) is 3.80. The first kappa shape index (κ1) is 15.2. The number of hydrogen-bond donors (Lipinski definition) is 1. The van der Waals surface area contributed by atoms with Crippen molar-refractivity contribution >= 4 is 17.3 Å². The van der Waals surface area contributed by atoms with Crippen LogP contribution in [0.25, 0.3) is 0 Å². The van der Waals surface area contributed by atoms with Crippen molar-refractivity contribution in [3.63, 3.8) is 0 Å². The fourth-order valence-electron chi connectivity index (χ4n) is 2.86. The Balaban J connectivity index is 1.65. The highest BCUT2D eigenvalue weighted by molar-refractivity contribution is 7.13. The second kappa shape index (κ2) is 6.58. The molecule has 1 saturated heterocycles. The highest BCUT2D eigenvalue weighted by Gasteiger charge is 2.14. The van der Waals surface area contributed by atoms with Crippen LogP contribution in [0.3, 0.4) is 0 Å². The van der Waals surface area contributed by atoms with Gasteiger partial charge in [0.05, 0.1) is 10.7 Å². The van der Waals surface area contributed by atoms with Crippen molar-refractivity contribution in [2.45, 2.75) is 32.7 Å². The van der Waals surface area contributed by atoms with Crippen LogP contribution in [-0.2, 0) is 13.0 Å². The molecule has 5 heteroatoms. The van der Waals surface area contributed by atoms with Crippen LogP contribution in [0.15, 0.2) is 24.3 Å². The molecule has 3 rings (SSSR count). The van der Waals surface area contributed by atoms with Crippen molar-refractivity contribution < 1.29 is 9.90 Å². The summed E-state index contributed by atoms with van der Waals surface area (Å²) in [6.45, 7) is 5.19. The lowest BCUT2D eigenvalue weighted by Gasteiger charge is -2.14. The fraction of sp³-hybridized carbons (Fsp3) is 0.412. The van der Waals surface area contributed by atoms with Gasteiger partial charge < -0.3 is 5.11 Å². The topological polar surface area (TPSA) is 53.4 Å². The van der Waals surface area contributed by atoms with Gasteiger partial charge in [0.15, 0.2) is 0 Å². The number of hydrogen-bond acceptors (Lipinski definition) is 4. The lowest BCUT2D eigenvalue weighted by atomic mass is 10.1. The Morgan fingerprint density at radius 3 is 2.45 bits per heavy atom. The van der Waals surface area contributed by atoms with Gasteiger partial charge in [-0.3, -0.25) is 4.90 Å². The van der Waals surface area contributed by atoms with Crippen LogP contribution in [0.5, 0.6) is 0 Å². The minimum Gasteiger partial charge on any atom is -0.477 e. The Morgan fingerprint density at radius 2 is 1.86 bits per heavy atom. The van der Waals surface area contributed by atoms with E-state index in [9.17, 15) is 4.79 Å². The molecule has 0 aliphatic carbocycles. The summed E-state index contributed by atoms with van der Waals surface area (Å²) in [4.78, 5) is 18.3. The number of benzene rings is 1. The number of carboxylic acids is 1. The molecule has 2 aromatic rings. The molecular weight excluding hydrogens is 296 g/mol. The maximum atomic E-state index is 11.1. The molecular formula is C17H20N2O2S. The number of aryl methyl sites for hydroxylation is 1. The molecule has 1 fully saturated rings. The van der Waals surface area contributed by atoms with E-state index in [2.05, 4.69) is 34.1 Å². The summed E-state index contributed by atoms with van der Waals surface area (Å²) >= 11 is 1.27. The van der Waals surface area contributed by atoms with Crippen molar-refractivity contribution in [1.82, 2.24) is 9.88 Å². The molecule has 0 bridgehead atoms. The number of likely N-dealkylation sites (tertiary alicyclic amines) is 1. The zero-order chi connectivity index (χ0) is 15.5. The molecule has 1 aromatic carbocycles. The normalized spacial score (nSPS) is 15.3. The van der Waals surface area contributed by atoms with Gasteiger partial charge >= 0.3 is 5.97 Å². The van der Waals surface area contributed by atoms with Crippen LogP contribution in [0.1, 0.15) is 44.3 Å². The second-order valence-corrected chi connectivity index (χ2v) is 6.89. The quantitative estimate of drug-likeness (QED) is 0.919. The molecule has 0 atom stereocenters. The molecule has 1 aliphatic heterocycles. The Hall–Kier alpha value is -1.72. The first-order valence-corrected chi connectivity index (χ1v) is 8.43. The summed E-state index contributed by atoms with van der Waals surface area (Å²) in [5.41, 5.74) is 3.13. The lowest BCUT2D eigenvalue weighted by molar-refractivity contribution is 0.0701. The van der Waals surface area contributed by atoms with Gasteiger partial charge in [0.1, 0.15) is 4.88 Å². The van der Waals surface area contributed by atoms with Crippen LogP contribution >= 0.6 is 11.3 Å². The minimum absolute atomic E-state index is 0.348. The van der Waals surface area contributed by atoms with Gasteiger partial charge in [-0.15, -0.1) is 11.3 Å².